The van der Waals surface area contributed by atoms with Crippen LogP contribution in [0.3, 0.4) is 0 Å². The Bertz CT molecular complexity index is 453. The Morgan fingerprint density at radius 1 is 0.458 bits per heavy atom. The van der Waals surface area contributed by atoms with Gasteiger partial charge in [0.25, 0.3) is 0 Å². The van der Waals surface area contributed by atoms with E-state index in [0.717, 1.165) is 91.6 Å². The molecule has 0 spiro atoms. The molecule has 1 aromatic rings. The van der Waals surface area contributed by atoms with Gasteiger partial charge in [0.15, 0.2) is 0 Å². The summed E-state index contributed by atoms with van der Waals surface area (Å²) < 4.78 is 0. The Labute approximate surface area is 156 Å². The van der Waals surface area contributed by atoms with Crippen molar-refractivity contribution in [1.29, 1.82) is 0 Å². The number of anilines is 3. The van der Waals surface area contributed by atoms with Gasteiger partial charge in [-0.15, -0.1) is 0 Å². The zero-order chi connectivity index (χ0) is 16.2. The maximum absolute atomic E-state index is 4.85. The van der Waals surface area contributed by atoms with Crippen molar-refractivity contribution >= 4 is 53.1 Å². The molecule has 0 aliphatic carbocycles. The van der Waals surface area contributed by atoms with E-state index in [1.807, 2.05) is 35.3 Å². The van der Waals surface area contributed by atoms with Crippen LogP contribution < -0.4 is 14.7 Å². The molecule has 0 N–H and O–H groups in total. The molecule has 0 atom stereocenters. The van der Waals surface area contributed by atoms with Crippen LogP contribution in [0, 0.1) is 0 Å². The van der Waals surface area contributed by atoms with E-state index in [-0.39, 0.29) is 0 Å². The molecule has 132 valence electrons. The summed E-state index contributed by atoms with van der Waals surface area (Å²) in [6, 6.07) is 0. The fourth-order valence-electron chi connectivity index (χ4n) is 3.06. The molecule has 3 aliphatic rings. The van der Waals surface area contributed by atoms with Crippen molar-refractivity contribution < 1.29 is 0 Å². The maximum atomic E-state index is 4.85. The number of thioether (sulfide) groups is 3. The molecule has 3 saturated heterocycles. The average molecular weight is 385 g/mol. The van der Waals surface area contributed by atoms with Crippen LogP contribution in [-0.2, 0) is 0 Å². The van der Waals surface area contributed by atoms with Gasteiger partial charge in [0.1, 0.15) is 0 Å². The normalized spacial score (nSPS) is 22.8. The van der Waals surface area contributed by atoms with Gasteiger partial charge in [0.2, 0.25) is 17.8 Å². The fourth-order valence-corrected chi connectivity index (χ4v) is 5.77. The fraction of sp³-hybridized carbons (Fsp3) is 0.800. The number of hydrogen-bond acceptors (Lipinski definition) is 9. The minimum absolute atomic E-state index is 0.881. The predicted octanol–water partition coefficient (Wildman–Crippen LogP) is 1.53. The molecule has 0 saturated carbocycles. The van der Waals surface area contributed by atoms with E-state index in [1.165, 1.54) is 0 Å². The van der Waals surface area contributed by atoms with Crippen molar-refractivity contribution in [2.75, 3.05) is 88.5 Å². The van der Waals surface area contributed by atoms with Crippen molar-refractivity contribution in [3.63, 3.8) is 0 Å². The Balaban J connectivity index is 1.63. The Kier molecular flexibility index (Phi) is 5.79. The molecule has 24 heavy (non-hydrogen) atoms. The van der Waals surface area contributed by atoms with Crippen LogP contribution in [0.4, 0.5) is 17.8 Å². The lowest BCUT2D eigenvalue weighted by Gasteiger charge is -2.32. The minimum atomic E-state index is 0.881. The van der Waals surface area contributed by atoms with Crippen molar-refractivity contribution in [1.82, 2.24) is 15.0 Å². The van der Waals surface area contributed by atoms with Crippen LogP contribution in [0.2, 0.25) is 0 Å². The lowest BCUT2D eigenvalue weighted by atomic mass is 10.5. The summed E-state index contributed by atoms with van der Waals surface area (Å²) in [5.41, 5.74) is 0. The van der Waals surface area contributed by atoms with Crippen LogP contribution >= 0.6 is 35.3 Å². The molecule has 0 aromatic carbocycles. The van der Waals surface area contributed by atoms with Gasteiger partial charge in [-0.3, -0.25) is 0 Å². The summed E-state index contributed by atoms with van der Waals surface area (Å²) in [6.07, 6.45) is 0. The molecule has 0 bridgehead atoms. The number of rotatable bonds is 3. The molecule has 3 aliphatic heterocycles. The van der Waals surface area contributed by atoms with Crippen molar-refractivity contribution in [2.45, 2.75) is 0 Å². The second kappa shape index (κ2) is 8.23. The SMILES string of the molecule is C1CN(c2nc(N3CCSCC3)nc(N3CCSCC3)n2)CCS1. The summed E-state index contributed by atoms with van der Waals surface area (Å²) in [6.45, 7) is 6.25. The lowest BCUT2D eigenvalue weighted by Crippen LogP contribution is -2.39. The highest BCUT2D eigenvalue weighted by atomic mass is 32.2. The van der Waals surface area contributed by atoms with E-state index >= 15 is 0 Å². The summed E-state index contributed by atoms with van der Waals surface area (Å²) >= 11 is 6.06. The van der Waals surface area contributed by atoms with Crippen molar-refractivity contribution in [3.05, 3.63) is 0 Å². The van der Waals surface area contributed by atoms with Gasteiger partial charge in [0, 0.05) is 73.8 Å². The molecule has 0 amide bonds. The van der Waals surface area contributed by atoms with Crippen LogP contribution in [0.25, 0.3) is 0 Å². The topological polar surface area (TPSA) is 48.4 Å². The quantitative estimate of drug-likeness (QED) is 0.772. The van der Waals surface area contributed by atoms with E-state index in [0.29, 0.717) is 0 Å². The highest BCUT2D eigenvalue weighted by molar-refractivity contribution is 7.99. The summed E-state index contributed by atoms with van der Waals surface area (Å²) in [5, 5.41) is 0. The third kappa shape index (κ3) is 3.99. The Hall–Kier alpha value is -0.540. The zero-order valence-electron chi connectivity index (χ0n) is 13.9. The highest BCUT2D eigenvalue weighted by Crippen LogP contribution is 2.24. The van der Waals surface area contributed by atoms with Crippen LogP contribution in [0.5, 0.6) is 0 Å². The number of aromatic nitrogens is 3. The number of nitrogens with zero attached hydrogens (tertiary/aromatic N) is 6. The van der Waals surface area contributed by atoms with E-state index in [2.05, 4.69) is 14.7 Å². The Morgan fingerprint density at radius 2 is 0.708 bits per heavy atom. The van der Waals surface area contributed by atoms with E-state index in [9.17, 15) is 0 Å². The highest BCUT2D eigenvalue weighted by Gasteiger charge is 2.23. The lowest BCUT2D eigenvalue weighted by molar-refractivity contribution is 0.746. The molecule has 0 radical (unpaired) electrons. The van der Waals surface area contributed by atoms with Crippen LogP contribution in [0.15, 0.2) is 0 Å². The first-order valence-corrected chi connectivity index (χ1v) is 12.1. The summed E-state index contributed by atoms with van der Waals surface area (Å²) in [5.74, 6) is 9.63. The molecule has 4 rings (SSSR count). The van der Waals surface area contributed by atoms with Crippen LogP contribution in [0.1, 0.15) is 0 Å². The third-order valence-electron chi connectivity index (χ3n) is 4.48. The summed E-state index contributed by atoms with van der Waals surface area (Å²) in [4.78, 5) is 21.6. The monoisotopic (exact) mass is 384 g/mol. The van der Waals surface area contributed by atoms with Crippen molar-refractivity contribution in [3.8, 4) is 0 Å². The molecule has 0 unspecified atom stereocenters. The average Bonchev–Trinajstić information content (AvgIpc) is 2.70. The van der Waals surface area contributed by atoms with Gasteiger partial charge < -0.3 is 14.7 Å². The molecular weight excluding hydrogens is 360 g/mol. The van der Waals surface area contributed by atoms with Gasteiger partial charge in [-0.05, 0) is 0 Å². The minimum Gasteiger partial charge on any atom is -0.339 e. The predicted molar refractivity (Wildman–Crippen MR) is 108 cm³/mol. The molecule has 3 fully saturated rings. The molecule has 1 aromatic heterocycles. The van der Waals surface area contributed by atoms with Crippen LogP contribution in [-0.4, -0.2) is 88.7 Å². The first-order valence-electron chi connectivity index (χ1n) is 8.64. The van der Waals surface area contributed by atoms with Gasteiger partial charge in [-0.25, -0.2) is 0 Å². The van der Waals surface area contributed by atoms with E-state index < -0.39 is 0 Å². The molecular formula is C15H24N6S3. The van der Waals surface area contributed by atoms with Gasteiger partial charge in [-0.2, -0.15) is 50.2 Å². The van der Waals surface area contributed by atoms with E-state index in [1.54, 1.807) is 0 Å². The smallest absolute Gasteiger partial charge is 0.232 e. The standard InChI is InChI=1S/C15H24N6S3/c1-7-22-8-2-19(1)13-16-14(20-3-9-23-10-4-20)18-15(17-13)21-5-11-24-12-6-21/h1-12H2. The second-order valence-corrected chi connectivity index (χ2v) is 9.71. The van der Waals surface area contributed by atoms with Gasteiger partial charge >= 0.3 is 0 Å². The second-order valence-electron chi connectivity index (χ2n) is 6.03. The third-order valence-corrected chi connectivity index (χ3v) is 7.31. The van der Waals surface area contributed by atoms with Gasteiger partial charge in [0.05, 0.1) is 0 Å². The largest absolute Gasteiger partial charge is 0.339 e. The van der Waals surface area contributed by atoms with E-state index in [4.69, 9.17) is 15.0 Å². The molecule has 4 heterocycles. The number of hydrogen-bond donors (Lipinski definition) is 0. The Morgan fingerprint density at radius 3 is 0.958 bits per heavy atom. The van der Waals surface area contributed by atoms with Gasteiger partial charge in [-0.1, -0.05) is 0 Å². The zero-order valence-corrected chi connectivity index (χ0v) is 16.3. The maximum Gasteiger partial charge on any atom is 0.232 e. The van der Waals surface area contributed by atoms with Crippen molar-refractivity contribution in [2.24, 2.45) is 0 Å². The first kappa shape index (κ1) is 16.9. The first-order chi connectivity index (χ1) is 11.9. The summed E-state index contributed by atoms with van der Waals surface area (Å²) in [7, 11) is 0. The molecule has 9 heteroatoms. The molecule has 6 nitrogen and oxygen atoms in total.